The predicted octanol–water partition coefficient (Wildman–Crippen LogP) is 1.61. The van der Waals surface area contributed by atoms with E-state index in [0.717, 1.165) is 37.3 Å². The molecule has 1 aromatic rings. The zero-order valence-corrected chi connectivity index (χ0v) is 10.0. The number of nitrogens with zero attached hydrogens (tertiary/aromatic N) is 1. The first-order valence-corrected chi connectivity index (χ1v) is 5.96. The lowest BCUT2D eigenvalue weighted by Crippen LogP contribution is -2.35. The molecule has 0 unspecified atom stereocenters. The van der Waals surface area contributed by atoms with E-state index in [0.29, 0.717) is 0 Å². The molecule has 2 N–H and O–H groups in total. The largest absolute Gasteiger partial charge is 0.393 e. The summed E-state index contributed by atoms with van der Waals surface area (Å²) < 4.78 is 0. The molecule has 1 heterocycles. The Labute approximate surface area is 101 Å². The topological polar surface area (TPSA) is 52.6 Å². The van der Waals surface area contributed by atoms with Crippen LogP contribution in [0.3, 0.4) is 0 Å². The molecule has 1 fully saturated rings. The summed E-state index contributed by atoms with van der Waals surface area (Å²) in [5, 5.41) is 12.2. The van der Waals surface area contributed by atoms with Crippen LogP contribution in [0.2, 0.25) is 0 Å². The Morgan fingerprint density at radius 3 is 2.41 bits per heavy atom. The third-order valence-corrected chi connectivity index (χ3v) is 3.02. The van der Waals surface area contributed by atoms with Gasteiger partial charge in [-0.25, -0.2) is 0 Å². The second kappa shape index (κ2) is 5.19. The number of hydrogen-bond donors (Lipinski definition) is 2. The van der Waals surface area contributed by atoms with Gasteiger partial charge in [0.05, 0.1) is 6.10 Å². The average molecular weight is 234 g/mol. The highest BCUT2D eigenvalue weighted by Crippen LogP contribution is 2.21. The van der Waals surface area contributed by atoms with E-state index in [1.165, 1.54) is 6.92 Å². The molecule has 17 heavy (non-hydrogen) atoms. The Hall–Kier alpha value is -1.55. The first kappa shape index (κ1) is 11.9. The maximum absolute atomic E-state index is 10.9. The molecule has 1 amide bonds. The summed E-state index contributed by atoms with van der Waals surface area (Å²) in [4.78, 5) is 13.1. The molecule has 4 nitrogen and oxygen atoms in total. The van der Waals surface area contributed by atoms with Gasteiger partial charge in [0.1, 0.15) is 0 Å². The minimum atomic E-state index is -0.148. The van der Waals surface area contributed by atoms with Crippen molar-refractivity contribution in [2.45, 2.75) is 25.9 Å². The minimum Gasteiger partial charge on any atom is -0.393 e. The summed E-state index contributed by atoms with van der Waals surface area (Å²) in [5.41, 5.74) is 1.96. The van der Waals surface area contributed by atoms with Crippen LogP contribution in [-0.2, 0) is 4.79 Å². The summed E-state index contributed by atoms with van der Waals surface area (Å²) in [6, 6.07) is 7.81. The zero-order chi connectivity index (χ0) is 12.3. The third kappa shape index (κ3) is 3.20. The molecule has 1 saturated heterocycles. The Morgan fingerprint density at radius 1 is 1.29 bits per heavy atom. The number of hydrogen-bond acceptors (Lipinski definition) is 3. The maximum Gasteiger partial charge on any atom is 0.221 e. The first-order valence-electron chi connectivity index (χ1n) is 5.96. The van der Waals surface area contributed by atoms with E-state index < -0.39 is 0 Å². The molecule has 2 rings (SSSR count). The Balaban J connectivity index is 2.00. The second-order valence-corrected chi connectivity index (χ2v) is 4.45. The SMILES string of the molecule is CC(=O)Nc1ccc(N2CCC(O)CC2)cc1. The zero-order valence-electron chi connectivity index (χ0n) is 10.0. The molecule has 0 atom stereocenters. The van der Waals surface area contributed by atoms with Gasteiger partial charge in [-0.05, 0) is 37.1 Å². The van der Waals surface area contributed by atoms with Gasteiger partial charge < -0.3 is 15.3 Å². The number of aliphatic hydroxyl groups excluding tert-OH is 1. The maximum atomic E-state index is 10.9. The fourth-order valence-electron chi connectivity index (χ4n) is 2.08. The monoisotopic (exact) mass is 234 g/mol. The summed E-state index contributed by atoms with van der Waals surface area (Å²) in [5.74, 6) is -0.0566. The van der Waals surface area contributed by atoms with Crippen LogP contribution in [0.1, 0.15) is 19.8 Å². The van der Waals surface area contributed by atoms with Gasteiger partial charge >= 0.3 is 0 Å². The molecule has 4 heteroatoms. The quantitative estimate of drug-likeness (QED) is 0.817. The number of carbonyl (C=O) groups is 1. The molecule has 0 radical (unpaired) electrons. The highest BCUT2D eigenvalue weighted by Gasteiger charge is 2.16. The highest BCUT2D eigenvalue weighted by molar-refractivity contribution is 5.88. The van der Waals surface area contributed by atoms with Crippen LogP contribution in [0.4, 0.5) is 11.4 Å². The number of piperidine rings is 1. The summed E-state index contributed by atoms with van der Waals surface area (Å²) >= 11 is 0. The number of benzene rings is 1. The molecule has 0 aromatic heterocycles. The van der Waals surface area contributed by atoms with E-state index in [9.17, 15) is 9.90 Å². The van der Waals surface area contributed by atoms with Gasteiger partial charge in [-0.1, -0.05) is 0 Å². The van der Waals surface area contributed by atoms with Crippen LogP contribution >= 0.6 is 0 Å². The summed E-state index contributed by atoms with van der Waals surface area (Å²) in [7, 11) is 0. The smallest absolute Gasteiger partial charge is 0.221 e. The van der Waals surface area contributed by atoms with E-state index in [4.69, 9.17) is 0 Å². The molecule has 1 aliphatic rings. The van der Waals surface area contributed by atoms with Crippen molar-refractivity contribution in [1.82, 2.24) is 0 Å². The van der Waals surface area contributed by atoms with Crippen LogP contribution in [0.15, 0.2) is 24.3 Å². The normalized spacial score (nSPS) is 16.9. The van der Waals surface area contributed by atoms with Gasteiger partial charge in [-0.2, -0.15) is 0 Å². The Bertz CT molecular complexity index is 381. The molecule has 1 aromatic carbocycles. The molecule has 0 spiro atoms. The van der Waals surface area contributed by atoms with Gasteiger partial charge in [0, 0.05) is 31.4 Å². The lowest BCUT2D eigenvalue weighted by atomic mass is 10.1. The number of rotatable bonds is 2. The van der Waals surface area contributed by atoms with E-state index >= 15 is 0 Å². The molecular weight excluding hydrogens is 216 g/mol. The van der Waals surface area contributed by atoms with Crippen LogP contribution in [-0.4, -0.2) is 30.2 Å². The van der Waals surface area contributed by atoms with E-state index in [1.807, 2.05) is 24.3 Å². The molecule has 0 bridgehead atoms. The van der Waals surface area contributed by atoms with Crippen molar-refractivity contribution in [2.75, 3.05) is 23.3 Å². The minimum absolute atomic E-state index is 0.0566. The van der Waals surface area contributed by atoms with Gasteiger partial charge in [-0.15, -0.1) is 0 Å². The van der Waals surface area contributed by atoms with E-state index in [-0.39, 0.29) is 12.0 Å². The Kier molecular flexibility index (Phi) is 3.64. The van der Waals surface area contributed by atoms with Gasteiger partial charge in [-0.3, -0.25) is 4.79 Å². The van der Waals surface area contributed by atoms with Crippen molar-refractivity contribution in [1.29, 1.82) is 0 Å². The second-order valence-electron chi connectivity index (χ2n) is 4.45. The van der Waals surface area contributed by atoms with Crippen molar-refractivity contribution in [3.8, 4) is 0 Å². The Morgan fingerprint density at radius 2 is 1.88 bits per heavy atom. The van der Waals surface area contributed by atoms with Crippen LogP contribution in [0.5, 0.6) is 0 Å². The number of aliphatic hydroxyl groups is 1. The summed E-state index contributed by atoms with van der Waals surface area (Å²) in [6.07, 6.45) is 1.51. The molecule has 1 aliphatic heterocycles. The molecule has 92 valence electrons. The van der Waals surface area contributed by atoms with Gasteiger partial charge in [0.15, 0.2) is 0 Å². The number of carbonyl (C=O) groups excluding carboxylic acids is 1. The fourth-order valence-corrected chi connectivity index (χ4v) is 2.08. The van der Waals surface area contributed by atoms with Crippen molar-refractivity contribution in [2.24, 2.45) is 0 Å². The summed E-state index contributed by atoms with van der Waals surface area (Å²) in [6.45, 7) is 3.28. The van der Waals surface area contributed by atoms with Crippen LogP contribution in [0.25, 0.3) is 0 Å². The van der Waals surface area contributed by atoms with Crippen LogP contribution in [0, 0.1) is 0 Å². The van der Waals surface area contributed by atoms with Crippen molar-refractivity contribution in [3.05, 3.63) is 24.3 Å². The molecular formula is C13H18N2O2. The predicted molar refractivity (Wildman–Crippen MR) is 68.2 cm³/mol. The van der Waals surface area contributed by atoms with Crippen molar-refractivity contribution in [3.63, 3.8) is 0 Å². The van der Waals surface area contributed by atoms with Crippen molar-refractivity contribution >= 4 is 17.3 Å². The standard InChI is InChI=1S/C13H18N2O2/c1-10(16)14-11-2-4-12(5-3-11)15-8-6-13(17)7-9-15/h2-5,13,17H,6-9H2,1H3,(H,14,16). The van der Waals surface area contributed by atoms with Gasteiger partial charge in [0.25, 0.3) is 0 Å². The third-order valence-electron chi connectivity index (χ3n) is 3.02. The van der Waals surface area contributed by atoms with Gasteiger partial charge in [0.2, 0.25) is 5.91 Å². The highest BCUT2D eigenvalue weighted by atomic mass is 16.3. The number of anilines is 2. The lowest BCUT2D eigenvalue weighted by Gasteiger charge is -2.31. The average Bonchev–Trinajstić information content (AvgIpc) is 2.30. The van der Waals surface area contributed by atoms with E-state index in [1.54, 1.807) is 0 Å². The van der Waals surface area contributed by atoms with E-state index in [2.05, 4.69) is 10.2 Å². The fraction of sp³-hybridized carbons (Fsp3) is 0.462. The lowest BCUT2D eigenvalue weighted by molar-refractivity contribution is -0.114. The molecule has 0 aliphatic carbocycles. The number of amides is 1. The first-order chi connectivity index (χ1) is 8.15. The van der Waals surface area contributed by atoms with Crippen LogP contribution < -0.4 is 10.2 Å². The van der Waals surface area contributed by atoms with Crippen molar-refractivity contribution < 1.29 is 9.90 Å². The molecule has 0 saturated carbocycles. The number of nitrogens with one attached hydrogen (secondary N) is 1.